The van der Waals surface area contributed by atoms with E-state index >= 15 is 0 Å². The minimum absolute atomic E-state index is 0.104. The molecule has 1 aliphatic rings. The molecule has 1 fully saturated rings. The van der Waals surface area contributed by atoms with Crippen LogP contribution < -0.4 is 5.32 Å². The van der Waals surface area contributed by atoms with Crippen LogP contribution in [0.1, 0.15) is 38.2 Å². The maximum atomic E-state index is 11.2. The minimum atomic E-state index is 0.104. The molecule has 0 spiro atoms. The summed E-state index contributed by atoms with van der Waals surface area (Å²) in [6, 6.07) is 10.9. The second-order valence-corrected chi connectivity index (χ2v) is 6.15. The van der Waals surface area contributed by atoms with Gasteiger partial charge in [0.1, 0.15) is 0 Å². The third-order valence-corrected chi connectivity index (χ3v) is 4.89. The number of nitrogens with one attached hydrogen (secondary N) is 1. The third kappa shape index (κ3) is 4.05. The molecule has 3 heteroatoms. The molecule has 0 heterocycles. The molecule has 1 aliphatic carbocycles. The van der Waals surface area contributed by atoms with Gasteiger partial charge < -0.3 is 5.32 Å². The van der Waals surface area contributed by atoms with E-state index in [4.69, 9.17) is 0 Å². The summed E-state index contributed by atoms with van der Waals surface area (Å²) in [5, 5.41) is 3.68. The quantitative estimate of drug-likeness (QED) is 0.902. The minimum Gasteiger partial charge on any atom is -0.352 e. The van der Waals surface area contributed by atoms with E-state index in [0.717, 1.165) is 12.2 Å². The van der Waals surface area contributed by atoms with Crippen molar-refractivity contribution in [1.82, 2.24) is 5.32 Å². The average molecular weight is 263 g/mol. The van der Waals surface area contributed by atoms with Crippen molar-refractivity contribution >= 4 is 17.7 Å². The fourth-order valence-corrected chi connectivity index (χ4v) is 3.87. The van der Waals surface area contributed by atoms with Crippen molar-refractivity contribution in [2.75, 3.05) is 0 Å². The van der Waals surface area contributed by atoms with Crippen LogP contribution in [-0.2, 0) is 10.5 Å². The molecule has 0 radical (unpaired) electrons. The van der Waals surface area contributed by atoms with Crippen LogP contribution in [-0.4, -0.2) is 17.2 Å². The van der Waals surface area contributed by atoms with Crippen molar-refractivity contribution in [3.63, 3.8) is 0 Å². The lowest BCUT2D eigenvalue weighted by molar-refractivity contribution is -0.119. The summed E-state index contributed by atoms with van der Waals surface area (Å²) in [7, 11) is 0. The van der Waals surface area contributed by atoms with Crippen LogP contribution in [0.2, 0.25) is 0 Å². The van der Waals surface area contributed by atoms with Gasteiger partial charge in [0, 0.05) is 24.0 Å². The summed E-state index contributed by atoms with van der Waals surface area (Å²) in [5.74, 6) is 1.15. The Labute approximate surface area is 114 Å². The molecule has 18 heavy (non-hydrogen) atoms. The van der Waals surface area contributed by atoms with Gasteiger partial charge in [0.05, 0.1) is 0 Å². The summed E-state index contributed by atoms with van der Waals surface area (Å²) in [6.45, 7) is 1.62. The maximum absolute atomic E-state index is 11.2. The number of hydrogen-bond acceptors (Lipinski definition) is 2. The molecule has 2 nitrogen and oxygen atoms in total. The Kier molecular flexibility index (Phi) is 5.12. The smallest absolute Gasteiger partial charge is 0.217 e. The van der Waals surface area contributed by atoms with Crippen LogP contribution in [0, 0.1) is 0 Å². The van der Waals surface area contributed by atoms with Crippen LogP contribution >= 0.6 is 11.8 Å². The lowest BCUT2D eigenvalue weighted by Gasteiger charge is -2.31. The normalized spacial score (nSPS) is 23.6. The van der Waals surface area contributed by atoms with E-state index in [1.165, 1.54) is 24.8 Å². The first-order chi connectivity index (χ1) is 8.75. The van der Waals surface area contributed by atoms with Crippen LogP contribution in [0.25, 0.3) is 0 Å². The number of thioether (sulfide) groups is 1. The topological polar surface area (TPSA) is 29.1 Å². The summed E-state index contributed by atoms with van der Waals surface area (Å²) in [4.78, 5) is 11.2. The van der Waals surface area contributed by atoms with Gasteiger partial charge in [0.2, 0.25) is 5.91 Å². The number of carbonyl (C=O) groups excluding carboxylic acids is 1. The van der Waals surface area contributed by atoms with Gasteiger partial charge in [0.25, 0.3) is 0 Å². The Morgan fingerprint density at radius 1 is 1.28 bits per heavy atom. The second-order valence-electron chi connectivity index (χ2n) is 4.93. The molecule has 2 unspecified atom stereocenters. The Morgan fingerprint density at radius 2 is 2.00 bits per heavy atom. The maximum Gasteiger partial charge on any atom is 0.217 e. The zero-order valence-corrected chi connectivity index (χ0v) is 11.7. The zero-order valence-electron chi connectivity index (χ0n) is 10.9. The van der Waals surface area contributed by atoms with E-state index in [2.05, 4.69) is 35.6 Å². The SMILES string of the molecule is CC(=O)NC1CCCCC1SCc1ccccc1. The van der Waals surface area contributed by atoms with Crippen LogP contribution in [0.15, 0.2) is 30.3 Å². The molecule has 1 N–H and O–H groups in total. The molecule has 0 aromatic heterocycles. The Morgan fingerprint density at radius 3 is 2.72 bits per heavy atom. The van der Waals surface area contributed by atoms with E-state index in [9.17, 15) is 4.79 Å². The van der Waals surface area contributed by atoms with Gasteiger partial charge in [-0.05, 0) is 18.4 Å². The highest BCUT2D eigenvalue weighted by molar-refractivity contribution is 7.99. The monoisotopic (exact) mass is 263 g/mol. The van der Waals surface area contributed by atoms with Gasteiger partial charge >= 0.3 is 0 Å². The van der Waals surface area contributed by atoms with Gasteiger partial charge in [-0.25, -0.2) is 0 Å². The molecular weight excluding hydrogens is 242 g/mol. The van der Waals surface area contributed by atoms with Crippen LogP contribution in [0.3, 0.4) is 0 Å². The predicted molar refractivity (Wildman–Crippen MR) is 77.6 cm³/mol. The first kappa shape index (κ1) is 13.5. The lowest BCUT2D eigenvalue weighted by atomic mass is 9.95. The summed E-state index contributed by atoms with van der Waals surface area (Å²) < 4.78 is 0. The van der Waals surface area contributed by atoms with Crippen molar-refractivity contribution in [1.29, 1.82) is 0 Å². The Bertz CT molecular complexity index is 379. The summed E-state index contributed by atoms with van der Waals surface area (Å²) >= 11 is 1.99. The van der Waals surface area contributed by atoms with E-state index in [-0.39, 0.29) is 5.91 Å². The van der Waals surface area contributed by atoms with Gasteiger partial charge in [-0.15, -0.1) is 0 Å². The number of hydrogen-bond donors (Lipinski definition) is 1. The van der Waals surface area contributed by atoms with Crippen molar-refractivity contribution in [3.05, 3.63) is 35.9 Å². The molecule has 0 saturated heterocycles. The van der Waals surface area contributed by atoms with Gasteiger partial charge in [-0.3, -0.25) is 4.79 Å². The van der Waals surface area contributed by atoms with E-state index in [1.54, 1.807) is 6.92 Å². The molecule has 0 bridgehead atoms. The molecule has 1 aromatic rings. The van der Waals surface area contributed by atoms with Crippen molar-refractivity contribution in [3.8, 4) is 0 Å². The fraction of sp³-hybridized carbons (Fsp3) is 0.533. The standard InChI is InChI=1S/C15H21NOS/c1-12(17)16-14-9-5-6-10-15(14)18-11-13-7-3-2-4-8-13/h2-4,7-8,14-15H,5-6,9-11H2,1H3,(H,16,17). The van der Waals surface area contributed by atoms with E-state index in [0.29, 0.717) is 11.3 Å². The highest BCUT2D eigenvalue weighted by Gasteiger charge is 2.25. The first-order valence-corrected chi connectivity index (χ1v) is 7.73. The van der Waals surface area contributed by atoms with Gasteiger partial charge in [-0.1, -0.05) is 43.2 Å². The van der Waals surface area contributed by atoms with Crippen LogP contribution in [0.4, 0.5) is 0 Å². The first-order valence-electron chi connectivity index (χ1n) is 6.68. The zero-order chi connectivity index (χ0) is 12.8. The van der Waals surface area contributed by atoms with Crippen molar-refractivity contribution in [2.45, 2.75) is 49.7 Å². The van der Waals surface area contributed by atoms with Crippen molar-refractivity contribution in [2.24, 2.45) is 0 Å². The molecule has 1 saturated carbocycles. The Balaban J connectivity index is 1.87. The average Bonchev–Trinajstić information content (AvgIpc) is 2.38. The highest BCUT2D eigenvalue weighted by Crippen LogP contribution is 2.30. The number of rotatable bonds is 4. The van der Waals surface area contributed by atoms with E-state index < -0.39 is 0 Å². The number of carbonyl (C=O) groups is 1. The molecular formula is C15H21NOS. The highest BCUT2D eigenvalue weighted by atomic mass is 32.2. The van der Waals surface area contributed by atoms with Gasteiger partial charge in [0.15, 0.2) is 0 Å². The molecule has 0 aliphatic heterocycles. The number of amides is 1. The predicted octanol–water partition coefficient (Wildman–Crippen LogP) is 3.37. The third-order valence-electron chi connectivity index (χ3n) is 3.40. The van der Waals surface area contributed by atoms with Crippen molar-refractivity contribution < 1.29 is 4.79 Å². The molecule has 98 valence electrons. The second kappa shape index (κ2) is 6.83. The fourth-order valence-electron chi connectivity index (χ4n) is 2.50. The summed E-state index contributed by atoms with van der Waals surface area (Å²) in [6.07, 6.45) is 4.89. The van der Waals surface area contributed by atoms with E-state index in [1.807, 2.05) is 11.8 Å². The summed E-state index contributed by atoms with van der Waals surface area (Å²) in [5.41, 5.74) is 1.37. The molecule has 2 rings (SSSR count). The molecule has 1 aromatic carbocycles. The Hall–Kier alpha value is -0.960. The molecule has 2 atom stereocenters. The number of benzene rings is 1. The molecule has 1 amide bonds. The lowest BCUT2D eigenvalue weighted by Crippen LogP contribution is -2.42. The van der Waals surface area contributed by atoms with Gasteiger partial charge in [-0.2, -0.15) is 11.8 Å². The largest absolute Gasteiger partial charge is 0.352 e. The van der Waals surface area contributed by atoms with Crippen LogP contribution in [0.5, 0.6) is 0 Å².